The maximum absolute atomic E-state index is 3.73. The molecule has 0 unspecified atom stereocenters. The summed E-state index contributed by atoms with van der Waals surface area (Å²) in [4.78, 5) is 0. The Morgan fingerprint density at radius 2 is 1.45 bits per heavy atom. The van der Waals surface area contributed by atoms with Crippen LogP contribution in [0.2, 0.25) is 0 Å². The Morgan fingerprint density at radius 3 is 2.10 bits per heavy atom. The summed E-state index contributed by atoms with van der Waals surface area (Å²) in [5.41, 5.74) is 2.89. The highest BCUT2D eigenvalue weighted by atomic mass is 14.9. The van der Waals surface area contributed by atoms with E-state index >= 15 is 0 Å². The average molecular weight is 271 g/mol. The summed E-state index contributed by atoms with van der Waals surface area (Å²) in [6.45, 7) is 2.38. The molecule has 2 aliphatic rings. The Morgan fingerprint density at radius 1 is 0.800 bits per heavy atom. The van der Waals surface area contributed by atoms with Gasteiger partial charge in [0.25, 0.3) is 0 Å². The van der Waals surface area contributed by atoms with Crippen LogP contribution in [0.4, 0.5) is 5.69 Å². The van der Waals surface area contributed by atoms with Crippen molar-refractivity contribution in [2.24, 2.45) is 5.92 Å². The molecule has 1 N–H and O–H groups in total. The maximum atomic E-state index is 3.73. The number of anilines is 1. The first kappa shape index (κ1) is 14.0. The van der Waals surface area contributed by atoms with Gasteiger partial charge in [0.2, 0.25) is 0 Å². The Labute approximate surface area is 124 Å². The molecular formula is C19H29N. The van der Waals surface area contributed by atoms with E-state index in [2.05, 4.69) is 36.5 Å². The molecule has 110 valence electrons. The molecule has 0 heterocycles. The predicted octanol–water partition coefficient (Wildman–Crippen LogP) is 5.72. The van der Waals surface area contributed by atoms with E-state index in [-0.39, 0.29) is 0 Å². The molecule has 1 aromatic rings. The summed E-state index contributed by atoms with van der Waals surface area (Å²) >= 11 is 0. The lowest BCUT2D eigenvalue weighted by molar-refractivity contribution is 0.361. The molecule has 1 heteroatoms. The highest BCUT2D eigenvalue weighted by molar-refractivity contribution is 5.46. The van der Waals surface area contributed by atoms with Crippen molar-refractivity contribution < 1.29 is 0 Å². The first-order valence-electron chi connectivity index (χ1n) is 8.68. The van der Waals surface area contributed by atoms with E-state index in [9.17, 15) is 0 Å². The van der Waals surface area contributed by atoms with Crippen LogP contribution in [0.25, 0.3) is 0 Å². The SMILES string of the molecule is CC1CCC(Nc2ccc(C3CCCCC3)cc2)CC1. The number of rotatable bonds is 3. The lowest BCUT2D eigenvalue weighted by Gasteiger charge is -2.28. The van der Waals surface area contributed by atoms with E-state index in [4.69, 9.17) is 0 Å². The fourth-order valence-electron chi connectivity index (χ4n) is 3.93. The van der Waals surface area contributed by atoms with Crippen molar-refractivity contribution in [1.82, 2.24) is 0 Å². The smallest absolute Gasteiger partial charge is 0.0342 e. The van der Waals surface area contributed by atoms with Crippen LogP contribution in [0.15, 0.2) is 24.3 Å². The van der Waals surface area contributed by atoms with Crippen molar-refractivity contribution >= 4 is 5.69 Å². The van der Waals surface area contributed by atoms with Crippen LogP contribution in [-0.4, -0.2) is 6.04 Å². The Hall–Kier alpha value is -0.980. The van der Waals surface area contributed by atoms with Crippen LogP contribution in [0.5, 0.6) is 0 Å². The number of nitrogens with one attached hydrogen (secondary N) is 1. The third-order valence-electron chi connectivity index (χ3n) is 5.37. The highest BCUT2D eigenvalue weighted by Gasteiger charge is 2.18. The molecule has 0 aliphatic heterocycles. The van der Waals surface area contributed by atoms with Gasteiger partial charge in [0.05, 0.1) is 0 Å². The van der Waals surface area contributed by atoms with E-state index in [0.717, 1.165) is 11.8 Å². The quantitative estimate of drug-likeness (QED) is 0.740. The van der Waals surface area contributed by atoms with Gasteiger partial charge in [0, 0.05) is 11.7 Å². The minimum atomic E-state index is 0.701. The first-order chi connectivity index (χ1) is 9.81. The van der Waals surface area contributed by atoms with Gasteiger partial charge in [0.15, 0.2) is 0 Å². The Kier molecular flexibility index (Phi) is 4.65. The van der Waals surface area contributed by atoms with Crippen LogP contribution < -0.4 is 5.32 Å². The van der Waals surface area contributed by atoms with Gasteiger partial charge in [-0.05, 0) is 68.1 Å². The summed E-state index contributed by atoms with van der Waals surface area (Å²) in [5, 5.41) is 3.73. The van der Waals surface area contributed by atoms with Gasteiger partial charge in [-0.1, -0.05) is 38.3 Å². The van der Waals surface area contributed by atoms with Crippen molar-refractivity contribution in [3.63, 3.8) is 0 Å². The molecule has 0 radical (unpaired) electrons. The van der Waals surface area contributed by atoms with Gasteiger partial charge in [-0.2, -0.15) is 0 Å². The van der Waals surface area contributed by atoms with Crippen LogP contribution >= 0.6 is 0 Å². The minimum absolute atomic E-state index is 0.701. The van der Waals surface area contributed by atoms with E-state index in [0.29, 0.717) is 6.04 Å². The molecule has 1 aromatic carbocycles. The van der Waals surface area contributed by atoms with Gasteiger partial charge in [-0.15, -0.1) is 0 Å². The van der Waals surface area contributed by atoms with Gasteiger partial charge in [0.1, 0.15) is 0 Å². The fraction of sp³-hybridized carbons (Fsp3) is 0.684. The van der Waals surface area contributed by atoms with Crippen LogP contribution in [0, 0.1) is 5.92 Å². The topological polar surface area (TPSA) is 12.0 Å². The number of benzene rings is 1. The second-order valence-corrected chi connectivity index (χ2v) is 7.06. The second-order valence-electron chi connectivity index (χ2n) is 7.06. The fourth-order valence-corrected chi connectivity index (χ4v) is 3.93. The van der Waals surface area contributed by atoms with Crippen molar-refractivity contribution in [2.45, 2.75) is 76.7 Å². The first-order valence-corrected chi connectivity index (χ1v) is 8.68. The summed E-state index contributed by atoms with van der Waals surface area (Å²) in [6.07, 6.45) is 12.5. The van der Waals surface area contributed by atoms with Gasteiger partial charge < -0.3 is 5.32 Å². The highest BCUT2D eigenvalue weighted by Crippen LogP contribution is 2.33. The van der Waals surface area contributed by atoms with Gasteiger partial charge in [-0.25, -0.2) is 0 Å². The molecule has 20 heavy (non-hydrogen) atoms. The van der Waals surface area contributed by atoms with Gasteiger partial charge >= 0.3 is 0 Å². The molecule has 0 spiro atoms. The lowest BCUT2D eigenvalue weighted by atomic mass is 9.84. The van der Waals surface area contributed by atoms with Crippen molar-refractivity contribution in [1.29, 1.82) is 0 Å². The number of hydrogen-bond donors (Lipinski definition) is 1. The zero-order valence-corrected chi connectivity index (χ0v) is 12.9. The van der Waals surface area contributed by atoms with E-state index in [1.165, 1.54) is 63.5 Å². The molecule has 2 fully saturated rings. The zero-order valence-electron chi connectivity index (χ0n) is 12.9. The Balaban J connectivity index is 1.55. The molecule has 0 bridgehead atoms. The van der Waals surface area contributed by atoms with Gasteiger partial charge in [-0.3, -0.25) is 0 Å². The standard InChI is InChI=1S/C19H29N/c1-15-7-11-18(12-8-15)20-19-13-9-17(10-14-19)16-5-3-2-4-6-16/h9-10,13-16,18,20H,2-8,11-12H2,1H3. The molecule has 0 aromatic heterocycles. The van der Waals surface area contributed by atoms with E-state index < -0.39 is 0 Å². The molecular weight excluding hydrogens is 242 g/mol. The van der Waals surface area contributed by atoms with Crippen LogP contribution in [0.3, 0.4) is 0 Å². The van der Waals surface area contributed by atoms with Crippen molar-refractivity contribution in [3.05, 3.63) is 29.8 Å². The third-order valence-corrected chi connectivity index (χ3v) is 5.37. The summed E-state index contributed by atoms with van der Waals surface area (Å²) < 4.78 is 0. The van der Waals surface area contributed by atoms with Crippen LogP contribution in [-0.2, 0) is 0 Å². The monoisotopic (exact) mass is 271 g/mol. The number of hydrogen-bond acceptors (Lipinski definition) is 1. The zero-order chi connectivity index (χ0) is 13.8. The second kappa shape index (κ2) is 6.65. The summed E-state index contributed by atoms with van der Waals surface area (Å²) in [7, 11) is 0. The largest absolute Gasteiger partial charge is 0.382 e. The average Bonchev–Trinajstić information content (AvgIpc) is 2.51. The predicted molar refractivity (Wildman–Crippen MR) is 87.3 cm³/mol. The normalized spacial score (nSPS) is 28.2. The van der Waals surface area contributed by atoms with E-state index in [1.54, 1.807) is 5.56 Å². The summed E-state index contributed by atoms with van der Waals surface area (Å²) in [6, 6.07) is 10.0. The van der Waals surface area contributed by atoms with Crippen LogP contribution in [0.1, 0.15) is 76.2 Å². The Bertz CT molecular complexity index is 394. The molecule has 2 saturated carbocycles. The van der Waals surface area contributed by atoms with Crippen molar-refractivity contribution in [3.8, 4) is 0 Å². The molecule has 0 amide bonds. The molecule has 0 atom stereocenters. The minimum Gasteiger partial charge on any atom is -0.382 e. The maximum Gasteiger partial charge on any atom is 0.0342 e. The third kappa shape index (κ3) is 3.56. The van der Waals surface area contributed by atoms with Crippen molar-refractivity contribution in [2.75, 3.05) is 5.32 Å². The lowest BCUT2D eigenvalue weighted by Crippen LogP contribution is -2.25. The molecule has 0 saturated heterocycles. The van der Waals surface area contributed by atoms with E-state index in [1.807, 2.05) is 0 Å². The molecule has 3 rings (SSSR count). The molecule has 1 nitrogen and oxygen atoms in total. The molecule has 2 aliphatic carbocycles. The summed E-state index contributed by atoms with van der Waals surface area (Å²) in [5.74, 6) is 1.76.